The molecule has 1 heterocycles. The Kier molecular flexibility index (Phi) is 6.74. The van der Waals surface area contributed by atoms with Crippen LogP contribution in [0.2, 0.25) is 15.1 Å². The second kappa shape index (κ2) is 9.94. The van der Waals surface area contributed by atoms with Crippen molar-refractivity contribution in [2.75, 3.05) is 0 Å². The van der Waals surface area contributed by atoms with Crippen LogP contribution in [0.4, 0.5) is 0 Å². The molecule has 3 aromatic carbocycles. The predicted octanol–water partition coefficient (Wildman–Crippen LogP) is 8.05. The number of hydrogen-bond donors (Lipinski definition) is 1. The lowest BCUT2D eigenvalue weighted by molar-refractivity contribution is -0.136. The lowest BCUT2D eigenvalue weighted by Crippen LogP contribution is -2.00. The smallest absolute Gasteiger partial charge is 0.307 e. The van der Waals surface area contributed by atoms with Gasteiger partial charge in [0.1, 0.15) is 23.8 Å². The van der Waals surface area contributed by atoms with Crippen molar-refractivity contribution in [2.45, 2.75) is 31.8 Å². The Balaban J connectivity index is 1.36. The molecule has 8 heteroatoms. The first-order valence-corrected chi connectivity index (χ1v) is 12.2. The quantitative estimate of drug-likeness (QED) is 0.250. The molecular formula is C27H20Cl3NO4. The van der Waals surface area contributed by atoms with Crippen molar-refractivity contribution in [1.29, 1.82) is 0 Å². The third-order valence-corrected chi connectivity index (χ3v) is 6.91. The van der Waals surface area contributed by atoms with Crippen LogP contribution in [0.15, 0.2) is 65.2 Å². The Labute approximate surface area is 217 Å². The summed E-state index contributed by atoms with van der Waals surface area (Å²) >= 11 is 19.1. The summed E-state index contributed by atoms with van der Waals surface area (Å²) < 4.78 is 11.8. The molecule has 4 aromatic rings. The van der Waals surface area contributed by atoms with Crippen molar-refractivity contribution in [3.63, 3.8) is 0 Å². The molecular weight excluding hydrogens is 509 g/mol. The highest BCUT2D eigenvalue weighted by Crippen LogP contribution is 2.46. The van der Waals surface area contributed by atoms with E-state index in [4.69, 9.17) is 49.2 Å². The number of aromatic nitrogens is 1. The maximum atomic E-state index is 11.0. The van der Waals surface area contributed by atoms with Crippen molar-refractivity contribution >= 4 is 40.8 Å². The third kappa shape index (κ3) is 5.18. The van der Waals surface area contributed by atoms with E-state index in [1.54, 1.807) is 30.3 Å². The zero-order valence-electron chi connectivity index (χ0n) is 18.4. The number of ether oxygens (including phenoxy) is 1. The standard InChI is InChI=1S/C27H20Cl3NO4/c28-21-2-1-3-22(29)25(21)26-20(27(35-31-26)16-4-5-16)14-34-19-10-8-15(9-11-19)17-6-7-18(13-24(32)33)23(30)12-17/h1-3,6-12,16H,4-5,13-14H2,(H,32,33). The minimum Gasteiger partial charge on any atom is -0.489 e. The van der Waals surface area contributed by atoms with Crippen molar-refractivity contribution in [2.24, 2.45) is 0 Å². The molecule has 5 rings (SSSR count). The van der Waals surface area contributed by atoms with E-state index in [9.17, 15) is 4.79 Å². The summed E-state index contributed by atoms with van der Waals surface area (Å²) in [7, 11) is 0. The van der Waals surface area contributed by atoms with Gasteiger partial charge in [0.05, 0.1) is 22.0 Å². The molecule has 0 spiro atoms. The Morgan fingerprint density at radius 1 is 0.971 bits per heavy atom. The van der Waals surface area contributed by atoms with Gasteiger partial charge in [0.2, 0.25) is 0 Å². The molecule has 1 fully saturated rings. The summed E-state index contributed by atoms with van der Waals surface area (Å²) in [5.74, 6) is 0.927. The lowest BCUT2D eigenvalue weighted by Gasteiger charge is -2.11. The summed E-state index contributed by atoms with van der Waals surface area (Å²) in [6, 6.07) is 18.3. The Morgan fingerprint density at radius 2 is 1.66 bits per heavy atom. The highest BCUT2D eigenvalue weighted by molar-refractivity contribution is 6.39. The molecule has 1 saturated carbocycles. The van der Waals surface area contributed by atoms with Crippen molar-refractivity contribution in [3.05, 3.63) is 92.6 Å². The second-order valence-electron chi connectivity index (χ2n) is 8.43. The number of carboxylic acids is 1. The average Bonchev–Trinajstić information content (AvgIpc) is 3.59. The SMILES string of the molecule is O=C(O)Cc1ccc(-c2ccc(OCc3c(-c4c(Cl)cccc4Cl)noc3C3CC3)cc2)cc1Cl. The van der Waals surface area contributed by atoms with Crippen LogP contribution in [0.5, 0.6) is 5.75 Å². The van der Waals surface area contributed by atoms with Crippen LogP contribution in [-0.2, 0) is 17.8 Å². The molecule has 1 aliphatic carbocycles. The fourth-order valence-electron chi connectivity index (χ4n) is 3.98. The van der Waals surface area contributed by atoms with E-state index in [1.807, 2.05) is 30.3 Å². The molecule has 0 saturated heterocycles. The van der Waals surface area contributed by atoms with E-state index in [-0.39, 0.29) is 13.0 Å². The summed E-state index contributed by atoms with van der Waals surface area (Å²) in [6.07, 6.45) is 2.00. The van der Waals surface area contributed by atoms with Gasteiger partial charge in [-0.05, 0) is 59.9 Å². The minimum atomic E-state index is -0.918. The van der Waals surface area contributed by atoms with E-state index >= 15 is 0 Å². The van der Waals surface area contributed by atoms with Crippen LogP contribution in [-0.4, -0.2) is 16.2 Å². The van der Waals surface area contributed by atoms with Gasteiger partial charge in [-0.15, -0.1) is 0 Å². The maximum Gasteiger partial charge on any atom is 0.307 e. The van der Waals surface area contributed by atoms with E-state index in [1.165, 1.54) is 0 Å². The summed E-state index contributed by atoms with van der Waals surface area (Å²) in [4.78, 5) is 11.0. The number of carbonyl (C=O) groups is 1. The van der Waals surface area contributed by atoms with E-state index < -0.39 is 5.97 Å². The van der Waals surface area contributed by atoms with Crippen LogP contribution >= 0.6 is 34.8 Å². The van der Waals surface area contributed by atoms with Gasteiger partial charge < -0.3 is 14.4 Å². The zero-order chi connectivity index (χ0) is 24.5. The molecule has 1 aromatic heterocycles. The molecule has 0 bridgehead atoms. The molecule has 0 amide bonds. The van der Waals surface area contributed by atoms with Crippen LogP contribution in [0.25, 0.3) is 22.4 Å². The van der Waals surface area contributed by atoms with Crippen molar-refractivity contribution in [3.8, 4) is 28.1 Å². The largest absolute Gasteiger partial charge is 0.489 e. The topological polar surface area (TPSA) is 72.6 Å². The van der Waals surface area contributed by atoms with Gasteiger partial charge in [-0.1, -0.05) is 70.3 Å². The first-order chi connectivity index (χ1) is 16.9. The number of halogens is 3. The van der Waals surface area contributed by atoms with Gasteiger partial charge in [0.15, 0.2) is 0 Å². The summed E-state index contributed by atoms with van der Waals surface area (Å²) in [5.41, 5.74) is 4.51. The number of rotatable bonds is 8. The Bertz CT molecular complexity index is 1370. The highest BCUT2D eigenvalue weighted by atomic mass is 35.5. The molecule has 0 atom stereocenters. The van der Waals surface area contributed by atoms with Gasteiger partial charge in [-0.25, -0.2) is 0 Å². The Hall–Kier alpha value is -2.99. The van der Waals surface area contributed by atoms with E-state index in [2.05, 4.69) is 5.16 Å². The van der Waals surface area contributed by atoms with Gasteiger partial charge in [0.25, 0.3) is 0 Å². The molecule has 1 aliphatic rings. The molecule has 178 valence electrons. The summed E-state index contributed by atoms with van der Waals surface area (Å²) in [5, 5.41) is 14.7. The van der Waals surface area contributed by atoms with Crippen LogP contribution in [0.1, 0.15) is 35.6 Å². The minimum absolute atomic E-state index is 0.112. The Morgan fingerprint density at radius 3 is 2.29 bits per heavy atom. The highest BCUT2D eigenvalue weighted by Gasteiger charge is 2.33. The van der Waals surface area contributed by atoms with Crippen LogP contribution < -0.4 is 4.74 Å². The van der Waals surface area contributed by atoms with E-state index in [0.717, 1.165) is 35.3 Å². The molecule has 0 radical (unpaired) electrons. The van der Waals surface area contributed by atoms with Crippen molar-refractivity contribution in [1.82, 2.24) is 5.16 Å². The average molecular weight is 529 g/mol. The number of nitrogens with zero attached hydrogens (tertiary/aromatic N) is 1. The molecule has 0 aliphatic heterocycles. The van der Waals surface area contributed by atoms with Crippen molar-refractivity contribution < 1.29 is 19.2 Å². The number of benzene rings is 3. The first kappa shape index (κ1) is 23.7. The second-order valence-corrected chi connectivity index (χ2v) is 9.66. The fraction of sp³-hybridized carbons (Fsp3) is 0.185. The normalized spacial score (nSPS) is 13.1. The first-order valence-electron chi connectivity index (χ1n) is 11.1. The van der Waals surface area contributed by atoms with Gasteiger partial charge in [-0.3, -0.25) is 4.79 Å². The molecule has 0 unspecified atom stereocenters. The van der Waals surface area contributed by atoms with Gasteiger partial charge in [-0.2, -0.15) is 0 Å². The monoisotopic (exact) mass is 527 g/mol. The van der Waals surface area contributed by atoms with Gasteiger partial charge in [0, 0.05) is 16.5 Å². The van der Waals surface area contributed by atoms with E-state index in [0.29, 0.717) is 43.6 Å². The third-order valence-electron chi connectivity index (χ3n) is 5.93. The van der Waals surface area contributed by atoms with Crippen LogP contribution in [0, 0.1) is 0 Å². The number of aliphatic carboxylic acids is 1. The lowest BCUT2D eigenvalue weighted by atomic mass is 10.0. The fourth-order valence-corrected chi connectivity index (χ4v) is 4.80. The molecule has 5 nitrogen and oxygen atoms in total. The summed E-state index contributed by atoms with van der Waals surface area (Å²) in [6.45, 7) is 0.265. The zero-order valence-corrected chi connectivity index (χ0v) is 20.7. The maximum absolute atomic E-state index is 11.0. The predicted molar refractivity (Wildman–Crippen MR) is 136 cm³/mol. The molecule has 35 heavy (non-hydrogen) atoms. The molecule has 1 N–H and O–H groups in total. The number of hydrogen-bond acceptors (Lipinski definition) is 4. The van der Waals surface area contributed by atoms with Gasteiger partial charge >= 0.3 is 5.97 Å². The van der Waals surface area contributed by atoms with Crippen LogP contribution in [0.3, 0.4) is 0 Å². The number of carboxylic acid groups (broad SMARTS) is 1.